The van der Waals surface area contributed by atoms with Crippen LogP contribution in [0.3, 0.4) is 0 Å². The summed E-state index contributed by atoms with van der Waals surface area (Å²) < 4.78 is 5.05. The highest BCUT2D eigenvalue weighted by atomic mass is 16.5. The predicted octanol–water partition coefficient (Wildman–Crippen LogP) is 0.712. The van der Waals surface area contributed by atoms with Gasteiger partial charge in [-0.3, -0.25) is 9.59 Å². The molecule has 0 bridgehead atoms. The number of carbonyl (C=O) groups is 2. The average molecular weight is 248 g/mol. The maximum atomic E-state index is 12.0. The molecule has 6 heteroatoms. The molecule has 1 aliphatic carbocycles. The molecule has 0 aromatic carbocycles. The number of aromatic nitrogens is 1. The lowest BCUT2D eigenvalue weighted by Gasteiger charge is -2.15. The van der Waals surface area contributed by atoms with Gasteiger partial charge in [0.2, 0.25) is 0 Å². The van der Waals surface area contributed by atoms with Crippen molar-refractivity contribution >= 4 is 11.9 Å². The molecule has 1 aliphatic rings. The molecule has 18 heavy (non-hydrogen) atoms. The first kappa shape index (κ1) is 12.2. The summed E-state index contributed by atoms with van der Waals surface area (Å²) in [7, 11) is 0. The van der Waals surface area contributed by atoms with Crippen molar-refractivity contribution in [2.45, 2.75) is 18.8 Å². The van der Waals surface area contributed by atoms with E-state index in [0.717, 1.165) is 17.7 Å². The number of nitrogens with zero attached hydrogens (tertiary/aromatic N) is 2. The van der Waals surface area contributed by atoms with E-state index in [-0.39, 0.29) is 12.2 Å². The average Bonchev–Trinajstić information content (AvgIpc) is 3.05. The van der Waals surface area contributed by atoms with Crippen LogP contribution in [0.15, 0.2) is 10.6 Å². The maximum absolute atomic E-state index is 12.0. The van der Waals surface area contributed by atoms with Crippen molar-refractivity contribution in [3.05, 3.63) is 17.5 Å². The van der Waals surface area contributed by atoms with E-state index in [9.17, 15) is 9.59 Å². The lowest BCUT2D eigenvalue weighted by atomic mass is 10.2. The van der Waals surface area contributed by atoms with Crippen molar-refractivity contribution in [3.63, 3.8) is 0 Å². The fourth-order valence-electron chi connectivity index (χ4n) is 1.59. The van der Waals surface area contributed by atoms with Gasteiger partial charge in [-0.2, -0.15) is 0 Å². The zero-order chi connectivity index (χ0) is 13.1. The third kappa shape index (κ3) is 2.69. The Morgan fingerprint density at radius 2 is 2.33 bits per heavy atom. The quantitative estimate of drug-likeness (QED) is 0.776. The second-order valence-corrected chi connectivity index (χ2v) is 4.15. The molecule has 1 aromatic heterocycles. The molecule has 0 radical (unpaired) electrons. The van der Waals surface area contributed by atoms with Crippen LogP contribution >= 0.6 is 0 Å². The summed E-state index contributed by atoms with van der Waals surface area (Å²) in [6.45, 7) is -0.522. The molecule has 94 valence electrons. The number of carboxylic acid groups (broad SMARTS) is 1. The van der Waals surface area contributed by atoms with E-state index in [1.54, 1.807) is 6.07 Å². The lowest BCUT2D eigenvalue weighted by molar-refractivity contribution is -0.137. The van der Waals surface area contributed by atoms with Crippen molar-refractivity contribution in [3.8, 4) is 12.3 Å². The third-order valence-corrected chi connectivity index (χ3v) is 2.62. The summed E-state index contributed by atoms with van der Waals surface area (Å²) in [4.78, 5) is 23.6. The molecule has 1 fully saturated rings. The standard InChI is InChI=1S/C12H12N2O4/c1-2-5-14(7-11(15)16)12(17)9-6-10(18-13-9)8-3-4-8/h1,6,8H,3-5,7H2,(H,15,16). The first-order chi connectivity index (χ1) is 8.61. The molecule has 1 amide bonds. The summed E-state index contributed by atoms with van der Waals surface area (Å²) in [5.74, 6) is 1.63. The van der Waals surface area contributed by atoms with E-state index in [0.29, 0.717) is 11.7 Å². The van der Waals surface area contributed by atoms with Gasteiger partial charge in [0.1, 0.15) is 12.3 Å². The fourth-order valence-corrected chi connectivity index (χ4v) is 1.59. The van der Waals surface area contributed by atoms with Crippen LogP contribution in [-0.2, 0) is 4.79 Å². The second kappa shape index (κ2) is 4.92. The van der Waals surface area contributed by atoms with Crippen LogP contribution in [0.25, 0.3) is 0 Å². The Balaban J connectivity index is 2.10. The highest BCUT2D eigenvalue weighted by Crippen LogP contribution is 2.40. The number of carboxylic acids is 1. The van der Waals surface area contributed by atoms with Crippen molar-refractivity contribution in [1.82, 2.24) is 10.1 Å². The van der Waals surface area contributed by atoms with Gasteiger partial charge in [-0.25, -0.2) is 0 Å². The van der Waals surface area contributed by atoms with Crippen molar-refractivity contribution in [1.29, 1.82) is 0 Å². The first-order valence-corrected chi connectivity index (χ1v) is 5.53. The Morgan fingerprint density at radius 1 is 1.61 bits per heavy atom. The van der Waals surface area contributed by atoms with E-state index in [1.807, 2.05) is 0 Å². The van der Waals surface area contributed by atoms with Crippen LogP contribution in [0, 0.1) is 12.3 Å². The normalized spacial score (nSPS) is 13.9. The van der Waals surface area contributed by atoms with Gasteiger partial charge >= 0.3 is 5.97 Å². The maximum Gasteiger partial charge on any atom is 0.323 e. The Morgan fingerprint density at radius 3 is 2.89 bits per heavy atom. The third-order valence-electron chi connectivity index (χ3n) is 2.62. The number of terminal acetylenes is 1. The van der Waals surface area contributed by atoms with Crippen molar-refractivity contribution in [2.24, 2.45) is 0 Å². The molecule has 1 saturated carbocycles. The van der Waals surface area contributed by atoms with E-state index in [2.05, 4.69) is 11.1 Å². The van der Waals surface area contributed by atoms with E-state index in [4.69, 9.17) is 16.1 Å². The number of aliphatic carboxylic acids is 1. The summed E-state index contributed by atoms with van der Waals surface area (Å²) >= 11 is 0. The minimum absolute atomic E-state index is 0.0727. The van der Waals surface area contributed by atoms with Crippen LogP contribution < -0.4 is 0 Å². The van der Waals surface area contributed by atoms with Gasteiger partial charge in [0.15, 0.2) is 5.69 Å². The smallest absolute Gasteiger partial charge is 0.323 e. The molecule has 1 N–H and O–H groups in total. The van der Waals surface area contributed by atoms with Gasteiger partial charge in [-0.05, 0) is 12.8 Å². The van der Waals surface area contributed by atoms with Crippen LogP contribution in [0.5, 0.6) is 0 Å². The molecule has 1 aromatic rings. The van der Waals surface area contributed by atoms with Gasteiger partial charge < -0.3 is 14.5 Å². The highest BCUT2D eigenvalue weighted by Gasteiger charge is 2.30. The van der Waals surface area contributed by atoms with Gasteiger partial charge in [0.05, 0.1) is 6.54 Å². The number of carbonyl (C=O) groups excluding carboxylic acids is 1. The molecule has 0 unspecified atom stereocenters. The zero-order valence-electron chi connectivity index (χ0n) is 9.63. The minimum Gasteiger partial charge on any atom is -0.480 e. The number of hydrogen-bond acceptors (Lipinski definition) is 4. The summed E-state index contributed by atoms with van der Waals surface area (Å²) in [5.41, 5.74) is 0.105. The van der Waals surface area contributed by atoms with Crippen molar-refractivity contribution in [2.75, 3.05) is 13.1 Å². The molecule has 0 spiro atoms. The Bertz CT molecular complexity index is 510. The van der Waals surface area contributed by atoms with Gasteiger partial charge in [0, 0.05) is 12.0 Å². The SMILES string of the molecule is C#CCN(CC(=O)O)C(=O)c1cc(C2CC2)on1. The summed E-state index contributed by atoms with van der Waals surface area (Å²) in [5, 5.41) is 12.4. The van der Waals surface area contributed by atoms with E-state index < -0.39 is 18.4 Å². The number of hydrogen-bond donors (Lipinski definition) is 1. The second-order valence-electron chi connectivity index (χ2n) is 4.15. The topological polar surface area (TPSA) is 83.6 Å². The molecule has 2 rings (SSSR count). The molecule has 6 nitrogen and oxygen atoms in total. The van der Waals surface area contributed by atoms with Gasteiger partial charge in [-0.1, -0.05) is 11.1 Å². The number of amides is 1. The summed E-state index contributed by atoms with van der Waals surface area (Å²) in [6.07, 6.45) is 7.17. The molecule has 0 atom stereocenters. The van der Waals surface area contributed by atoms with Gasteiger partial charge in [0.25, 0.3) is 5.91 Å². The molecular formula is C12H12N2O4. The largest absolute Gasteiger partial charge is 0.480 e. The van der Waals surface area contributed by atoms with E-state index in [1.165, 1.54) is 0 Å². The molecule has 0 aliphatic heterocycles. The highest BCUT2D eigenvalue weighted by molar-refractivity contribution is 5.94. The molecule has 0 saturated heterocycles. The molecule has 1 heterocycles. The lowest BCUT2D eigenvalue weighted by Crippen LogP contribution is -2.36. The van der Waals surface area contributed by atoms with Crippen LogP contribution in [0.4, 0.5) is 0 Å². The fraction of sp³-hybridized carbons (Fsp3) is 0.417. The Kier molecular flexibility index (Phi) is 3.33. The number of rotatable bonds is 5. The minimum atomic E-state index is -1.12. The first-order valence-electron chi connectivity index (χ1n) is 5.53. The van der Waals surface area contributed by atoms with Crippen LogP contribution in [-0.4, -0.2) is 40.1 Å². The zero-order valence-corrected chi connectivity index (χ0v) is 9.63. The van der Waals surface area contributed by atoms with Crippen LogP contribution in [0.1, 0.15) is 35.0 Å². The summed E-state index contributed by atoms with van der Waals surface area (Å²) in [6, 6.07) is 1.56. The van der Waals surface area contributed by atoms with Crippen molar-refractivity contribution < 1.29 is 19.2 Å². The predicted molar refractivity (Wildman–Crippen MR) is 60.9 cm³/mol. The van der Waals surface area contributed by atoms with E-state index >= 15 is 0 Å². The molecular weight excluding hydrogens is 236 g/mol. The van der Waals surface area contributed by atoms with Gasteiger partial charge in [-0.15, -0.1) is 6.42 Å². The monoisotopic (exact) mass is 248 g/mol. The Labute approximate surface area is 104 Å². The Hall–Kier alpha value is -2.29. The van der Waals surface area contributed by atoms with Crippen LogP contribution in [0.2, 0.25) is 0 Å².